The fraction of sp³-hybridized carbons (Fsp3) is 0.273. The van der Waals surface area contributed by atoms with Gasteiger partial charge in [-0.05, 0) is 20.8 Å². The first-order valence-corrected chi connectivity index (χ1v) is 5.10. The summed E-state index contributed by atoms with van der Waals surface area (Å²) in [5, 5.41) is 13.3. The van der Waals surface area contributed by atoms with Crippen molar-refractivity contribution in [1.82, 2.24) is 19.7 Å². The summed E-state index contributed by atoms with van der Waals surface area (Å²) in [5.41, 5.74) is 1.95. The van der Waals surface area contributed by atoms with E-state index >= 15 is 0 Å². The van der Waals surface area contributed by atoms with Gasteiger partial charge in [0.25, 0.3) is 0 Å². The van der Waals surface area contributed by atoms with Crippen LogP contribution in [0.1, 0.15) is 27.4 Å². The Morgan fingerprint density at radius 3 is 2.35 bits per heavy atom. The molecule has 0 amide bonds. The van der Waals surface area contributed by atoms with E-state index in [1.807, 2.05) is 0 Å². The van der Waals surface area contributed by atoms with Crippen molar-refractivity contribution in [2.24, 2.45) is 0 Å². The van der Waals surface area contributed by atoms with Crippen LogP contribution in [0.2, 0.25) is 0 Å². The Morgan fingerprint density at radius 2 is 1.82 bits per heavy atom. The van der Waals surface area contributed by atoms with E-state index in [1.165, 1.54) is 4.68 Å². The van der Waals surface area contributed by atoms with Gasteiger partial charge in [-0.2, -0.15) is 5.10 Å². The predicted octanol–water partition coefficient (Wildman–Crippen LogP) is 1.29. The summed E-state index contributed by atoms with van der Waals surface area (Å²) in [4.78, 5) is 19.4. The number of carboxylic acids is 1. The van der Waals surface area contributed by atoms with Crippen LogP contribution in [0, 0.1) is 20.8 Å². The molecule has 0 saturated heterocycles. The highest BCUT2D eigenvalue weighted by molar-refractivity contribution is 5.90. The molecule has 0 radical (unpaired) electrons. The molecular formula is C11H12N4O2. The molecule has 0 aromatic carbocycles. The molecule has 0 bridgehead atoms. The first kappa shape index (κ1) is 11.3. The molecule has 0 unspecified atom stereocenters. The van der Waals surface area contributed by atoms with E-state index in [4.69, 9.17) is 5.11 Å². The van der Waals surface area contributed by atoms with Crippen LogP contribution in [0.4, 0.5) is 0 Å². The number of aryl methyl sites for hydroxylation is 2. The number of aromatic carboxylic acids is 1. The van der Waals surface area contributed by atoms with Gasteiger partial charge < -0.3 is 5.11 Å². The molecule has 0 spiro atoms. The van der Waals surface area contributed by atoms with Gasteiger partial charge in [0.15, 0.2) is 5.82 Å². The minimum atomic E-state index is -0.979. The number of carboxylic acid groups (broad SMARTS) is 1. The van der Waals surface area contributed by atoms with Crippen molar-refractivity contribution in [3.05, 3.63) is 35.0 Å². The van der Waals surface area contributed by atoms with E-state index in [9.17, 15) is 4.79 Å². The molecule has 88 valence electrons. The zero-order valence-corrected chi connectivity index (χ0v) is 9.80. The molecule has 0 atom stereocenters. The summed E-state index contributed by atoms with van der Waals surface area (Å²) in [6.45, 7) is 5.18. The summed E-state index contributed by atoms with van der Waals surface area (Å²) < 4.78 is 1.52. The maximum absolute atomic E-state index is 11.1. The maximum atomic E-state index is 11.1. The Bertz CT molecular complexity index is 589. The summed E-state index contributed by atoms with van der Waals surface area (Å²) in [6.07, 6.45) is 3.14. The number of nitrogens with zero attached hydrogens (tertiary/aromatic N) is 4. The summed E-state index contributed by atoms with van der Waals surface area (Å²) in [6, 6.07) is 0. The number of aromatic nitrogens is 4. The molecule has 17 heavy (non-hydrogen) atoms. The second-order valence-electron chi connectivity index (χ2n) is 3.73. The first-order chi connectivity index (χ1) is 8.02. The van der Waals surface area contributed by atoms with Crippen molar-refractivity contribution in [3.8, 4) is 5.82 Å². The SMILES string of the molecule is Cc1nccnc1-n1nc(C)c(C(=O)O)c1C. The number of carbonyl (C=O) groups is 1. The van der Waals surface area contributed by atoms with Crippen LogP contribution in [-0.2, 0) is 0 Å². The van der Waals surface area contributed by atoms with E-state index < -0.39 is 5.97 Å². The van der Waals surface area contributed by atoms with Crippen molar-refractivity contribution >= 4 is 5.97 Å². The molecule has 0 aliphatic carbocycles. The molecule has 0 saturated carbocycles. The van der Waals surface area contributed by atoms with E-state index in [2.05, 4.69) is 15.1 Å². The predicted molar refractivity (Wildman–Crippen MR) is 60.3 cm³/mol. The number of rotatable bonds is 2. The maximum Gasteiger partial charge on any atom is 0.339 e. The monoisotopic (exact) mass is 232 g/mol. The van der Waals surface area contributed by atoms with E-state index in [0.29, 0.717) is 22.9 Å². The van der Waals surface area contributed by atoms with Gasteiger partial charge in [-0.3, -0.25) is 4.98 Å². The number of hydrogen-bond donors (Lipinski definition) is 1. The Labute approximate surface area is 98.0 Å². The van der Waals surface area contributed by atoms with Crippen LogP contribution in [0.3, 0.4) is 0 Å². The lowest BCUT2D eigenvalue weighted by Crippen LogP contribution is -2.06. The molecule has 2 aromatic rings. The van der Waals surface area contributed by atoms with Crippen LogP contribution < -0.4 is 0 Å². The zero-order valence-electron chi connectivity index (χ0n) is 9.80. The normalized spacial score (nSPS) is 10.5. The third kappa shape index (κ3) is 1.77. The minimum absolute atomic E-state index is 0.218. The van der Waals surface area contributed by atoms with Crippen LogP contribution >= 0.6 is 0 Å². The van der Waals surface area contributed by atoms with Crippen LogP contribution in [0.15, 0.2) is 12.4 Å². The highest BCUT2D eigenvalue weighted by atomic mass is 16.4. The van der Waals surface area contributed by atoms with Crippen molar-refractivity contribution in [2.45, 2.75) is 20.8 Å². The lowest BCUT2D eigenvalue weighted by molar-refractivity contribution is 0.0695. The van der Waals surface area contributed by atoms with Crippen molar-refractivity contribution in [3.63, 3.8) is 0 Å². The summed E-state index contributed by atoms with van der Waals surface area (Å²) >= 11 is 0. The molecule has 0 aliphatic rings. The van der Waals surface area contributed by atoms with Gasteiger partial charge in [-0.25, -0.2) is 14.5 Å². The highest BCUT2D eigenvalue weighted by Gasteiger charge is 2.19. The molecular weight excluding hydrogens is 220 g/mol. The lowest BCUT2D eigenvalue weighted by atomic mass is 10.2. The molecule has 2 aromatic heterocycles. The first-order valence-electron chi connectivity index (χ1n) is 5.10. The second-order valence-corrected chi connectivity index (χ2v) is 3.73. The van der Waals surface area contributed by atoms with Crippen molar-refractivity contribution in [1.29, 1.82) is 0 Å². The average Bonchev–Trinajstić information content (AvgIpc) is 2.55. The topological polar surface area (TPSA) is 80.9 Å². The molecule has 6 heteroatoms. The van der Waals surface area contributed by atoms with E-state index in [0.717, 1.165) is 0 Å². The van der Waals surface area contributed by atoms with Gasteiger partial charge in [0.05, 0.1) is 17.1 Å². The highest BCUT2D eigenvalue weighted by Crippen LogP contribution is 2.17. The molecule has 2 heterocycles. The summed E-state index contributed by atoms with van der Waals surface area (Å²) in [7, 11) is 0. The Morgan fingerprint density at radius 1 is 1.18 bits per heavy atom. The van der Waals surface area contributed by atoms with Gasteiger partial charge >= 0.3 is 5.97 Å². The second kappa shape index (κ2) is 3.97. The molecule has 6 nitrogen and oxygen atoms in total. The average molecular weight is 232 g/mol. The quantitative estimate of drug-likeness (QED) is 0.843. The standard InChI is InChI=1S/C11H12N4O2/c1-6-9(11(16)17)8(3)15(14-6)10-7(2)12-4-5-13-10/h4-5H,1-3H3,(H,16,17). The Kier molecular flexibility index (Phi) is 2.63. The fourth-order valence-corrected chi connectivity index (χ4v) is 1.77. The molecule has 2 rings (SSSR count). The Balaban J connectivity index is 2.66. The Hall–Kier alpha value is -2.24. The molecule has 0 fully saturated rings. The van der Waals surface area contributed by atoms with E-state index in [1.54, 1.807) is 33.2 Å². The smallest absolute Gasteiger partial charge is 0.339 e. The van der Waals surface area contributed by atoms with Gasteiger partial charge in [-0.15, -0.1) is 0 Å². The zero-order chi connectivity index (χ0) is 12.6. The van der Waals surface area contributed by atoms with Gasteiger partial charge in [-0.1, -0.05) is 0 Å². The lowest BCUT2D eigenvalue weighted by Gasteiger charge is -2.05. The van der Waals surface area contributed by atoms with Gasteiger partial charge in [0.1, 0.15) is 5.56 Å². The van der Waals surface area contributed by atoms with Gasteiger partial charge in [0, 0.05) is 12.4 Å². The van der Waals surface area contributed by atoms with Crippen LogP contribution in [0.25, 0.3) is 5.82 Å². The minimum Gasteiger partial charge on any atom is -0.478 e. The molecule has 0 aliphatic heterocycles. The van der Waals surface area contributed by atoms with E-state index in [-0.39, 0.29) is 5.56 Å². The van der Waals surface area contributed by atoms with Crippen LogP contribution in [0.5, 0.6) is 0 Å². The fourth-order valence-electron chi connectivity index (χ4n) is 1.77. The number of hydrogen-bond acceptors (Lipinski definition) is 4. The third-order valence-corrected chi connectivity index (χ3v) is 2.56. The van der Waals surface area contributed by atoms with Crippen LogP contribution in [-0.4, -0.2) is 30.8 Å². The van der Waals surface area contributed by atoms with Crippen molar-refractivity contribution in [2.75, 3.05) is 0 Å². The van der Waals surface area contributed by atoms with Gasteiger partial charge in [0.2, 0.25) is 0 Å². The summed E-state index contributed by atoms with van der Waals surface area (Å²) in [5.74, 6) is -0.423. The third-order valence-electron chi connectivity index (χ3n) is 2.56. The molecule has 1 N–H and O–H groups in total. The van der Waals surface area contributed by atoms with Crippen molar-refractivity contribution < 1.29 is 9.90 Å². The largest absolute Gasteiger partial charge is 0.478 e.